The molecule has 0 bridgehead atoms. The summed E-state index contributed by atoms with van der Waals surface area (Å²) in [5, 5.41) is 41.3. The number of aromatic amines is 1. The number of rotatable bonds is 10. The van der Waals surface area contributed by atoms with Crippen LogP contribution in [0.25, 0.3) is 10.9 Å². The van der Waals surface area contributed by atoms with Gasteiger partial charge in [0.15, 0.2) is 11.9 Å². The third-order valence-electron chi connectivity index (χ3n) is 6.41. The first-order valence-electron chi connectivity index (χ1n) is 12.1. The highest BCUT2D eigenvalue weighted by molar-refractivity contribution is 5.91. The molecule has 3 aromatic rings. The van der Waals surface area contributed by atoms with Crippen molar-refractivity contribution in [3.05, 3.63) is 65.4 Å². The lowest BCUT2D eigenvalue weighted by Gasteiger charge is -2.23. The zero-order valence-electron chi connectivity index (χ0n) is 20.4. The van der Waals surface area contributed by atoms with Gasteiger partial charge in [-0.25, -0.2) is 4.79 Å². The van der Waals surface area contributed by atoms with Gasteiger partial charge in [0.05, 0.1) is 25.5 Å². The number of carbonyl (C=O) groups excluding carboxylic acids is 1. The van der Waals surface area contributed by atoms with Gasteiger partial charge in [0, 0.05) is 10.9 Å². The van der Waals surface area contributed by atoms with E-state index in [1.165, 1.54) is 0 Å². The molecule has 194 valence electrons. The summed E-state index contributed by atoms with van der Waals surface area (Å²) in [4.78, 5) is 16.3. The zero-order valence-corrected chi connectivity index (χ0v) is 20.4. The lowest BCUT2D eigenvalue weighted by atomic mass is 10.0. The summed E-state index contributed by atoms with van der Waals surface area (Å²) in [6.45, 7) is 2.97. The van der Waals surface area contributed by atoms with Crippen LogP contribution in [0.3, 0.4) is 0 Å². The van der Waals surface area contributed by atoms with Gasteiger partial charge >= 0.3 is 5.97 Å². The Morgan fingerprint density at radius 2 is 1.89 bits per heavy atom. The molecule has 1 fully saturated rings. The van der Waals surface area contributed by atoms with Gasteiger partial charge in [-0.1, -0.05) is 50.2 Å². The Hall–Kier alpha value is -2.79. The van der Waals surface area contributed by atoms with Crippen LogP contribution in [0.15, 0.2) is 48.5 Å². The summed E-state index contributed by atoms with van der Waals surface area (Å²) >= 11 is 0. The molecule has 2 heterocycles. The molecule has 1 saturated heterocycles. The van der Waals surface area contributed by atoms with E-state index < -0.39 is 43.3 Å². The van der Waals surface area contributed by atoms with Crippen molar-refractivity contribution in [2.75, 3.05) is 6.61 Å². The van der Waals surface area contributed by atoms with Crippen LogP contribution >= 0.6 is 0 Å². The Morgan fingerprint density at radius 1 is 1.14 bits per heavy atom. The van der Waals surface area contributed by atoms with Crippen molar-refractivity contribution in [3.8, 4) is 5.75 Å². The van der Waals surface area contributed by atoms with E-state index in [1.807, 2.05) is 48.5 Å². The Kier molecular flexibility index (Phi) is 8.09. The number of ether oxygens (including phenoxy) is 3. The quantitative estimate of drug-likeness (QED) is 0.267. The molecule has 1 aliphatic rings. The largest absolute Gasteiger partial charge is 0.422 e. The minimum absolute atomic E-state index is 0.0331. The van der Waals surface area contributed by atoms with Crippen LogP contribution in [0, 0.1) is 5.92 Å². The molecule has 1 aromatic heterocycles. The standard InChI is InChI=1S/C27H33NO8/c1-16(2)8-9-17-10-11-20-19(12-17)22(21(13-29)28-20)35-26(32)24-23(25(31)27(33,15-30)36-24)34-14-18-6-4-3-5-7-18/h3-7,10-12,16,23-25,28-31,33H,8-9,13-15H2,1-2H3/t23-,24+,25+,27-/m0/s1. The molecule has 9 heteroatoms. The molecule has 4 rings (SSSR count). The van der Waals surface area contributed by atoms with Crippen molar-refractivity contribution in [1.29, 1.82) is 0 Å². The third-order valence-corrected chi connectivity index (χ3v) is 6.41. The average Bonchev–Trinajstić information content (AvgIpc) is 3.36. The van der Waals surface area contributed by atoms with Gasteiger partial charge in [-0.3, -0.25) is 0 Å². The minimum atomic E-state index is -2.39. The molecule has 36 heavy (non-hydrogen) atoms. The van der Waals surface area contributed by atoms with E-state index >= 15 is 0 Å². The summed E-state index contributed by atoms with van der Waals surface area (Å²) in [5.41, 5.74) is 2.83. The number of aliphatic hydroxyl groups is 4. The van der Waals surface area contributed by atoms with Crippen molar-refractivity contribution >= 4 is 16.9 Å². The molecule has 0 unspecified atom stereocenters. The maximum absolute atomic E-state index is 13.3. The number of benzene rings is 2. The number of aromatic nitrogens is 1. The summed E-state index contributed by atoms with van der Waals surface area (Å²) in [7, 11) is 0. The predicted octanol–water partition coefficient (Wildman–Crippen LogP) is 2.18. The maximum Gasteiger partial charge on any atom is 0.343 e. The summed E-state index contributed by atoms with van der Waals surface area (Å²) in [6.07, 6.45) is -2.70. The second-order valence-electron chi connectivity index (χ2n) is 9.57. The topological polar surface area (TPSA) is 141 Å². The van der Waals surface area contributed by atoms with E-state index in [2.05, 4.69) is 18.8 Å². The summed E-state index contributed by atoms with van der Waals surface area (Å²) in [6, 6.07) is 14.9. The summed E-state index contributed by atoms with van der Waals surface area (Å²) in [5.74, 6) is -2.65. The van der Waals surface area contributed by atoms with Crippen LogP contribution in [0.2, 0.25) is 0 Å². The molecular formula is C27H33NO8. The first-order valence-corrected chi connectivity index (χ1v) is 12.1. The molecule has 0 amide bonds. The lowest BCUT2D eigenvalue weighted by molar-refractivity contribution is -0.246. The Balaban J connectivity index is 1.59. The van der Waals surface area contributed by atoms with Gasteiger partial charge < -0.3 is 39.6 Å². The van der Waals surface area contributed by atoms with Gasteiger partial charge in [0.1, 0.15) is 12.2 Å². The van der Waals surface area contributed by atoms with Crippen molar-refractivity contribution < 1.29 is 39.4 Å². The van der Waals surface area contributed by atoms with Gasteiger partial charge in [0.25, 0.3) is 0 Å². The first kappa shape index (κ1) is 26.3. The zero-order chi connectivity index (χ0) is 25.9. The van der Waals surface area contributed by atoms with Gasteiger partial charge in [-0.2, -0.15) is 0 Å². The van der Waals surface area contributed by atoms with Crippen LogP contribution in [-0.4, -0.2) is 62.1 Å². The normalized spacial score (nSPS) is 24.0. The van der Waals surface area contributed by atoms with Crippen LogP contribution in [0.5, 0.6) is 5.75 Å². The van der Waals surface area contributed by atoms with Crippen molar-refractivity contribution in [2.24, 2.45) is 5.92 Å². The average molecular weight is 500 g/mol. The highest BCUT2D eigenvalue weighted by Crippen LogP contribution is 2.36. The molecule has 5 N–H and O–H groups in total. The number of carbonyl (C=O) groups is 1. The minimum Gasteiger partial charge on any atom is -0.422 e. The van der Waals surface area contributed by atoms with Crippen LogP contribution in [0.1, 0.15) is 37.1 Å². The van der Waals surface area contributed by atoms with E-state index in [9.17, 15) is 25.2 Å². The number of esters is 1. The monoisotopic (exact) mass is 499 g/mol. The molecule has 9 nitrogen and oxygen atoms in total. The van der Waals surface area contributed by atoms with Crippen LogP contribution in [0.4, 0.5) is 0 Å². The molecule has 4 atom stereocenters. The second kappa shape index (κ2) is 11.1. The third kappa shape index (κ3) is 5.46. The number of nitrogens with one attached hydrogen (secondary N) is 1. The van der Waals surface area contributed by atoms with E-state index in [4.69, 9.17) is 14.2 Å². The van der Waals surface area contributed by atoms with Gasteiger partial charge in [-0.15, -0.1) is 0 Å². The Morgan fingerprint density at radius 3 is 2.56 bits per heavy atom. The van der Waals surface area contributed by atoms with E-state index in [0.29, 0.717) is 22.5 Å². The van der Waals surface area contributed by atoms with E-state index in [0.717, 1.165) is 24.0 Å². The molecule has 2 aromatic carbocycles. The Labute approximate surface area is 209 Å². The number of H-pyrrole nitrogens is 1. The Bertz CT molecular complexity index is 1180. The molecular weight excluding hydrogens is 466 g/mol. The molecule has 1 aliphatic heterocycles. The molecule has 0 aliphatic carbocycles. The smallest absolute Gasteiger partial charge is 0.343 e. The molecule has 0 spiro atoms. The fraction of sp³-hybridized carbons (Fsp3) is 0.444. The molecule has 0 radical (unpaired) electrons. The fourth-order valence-corrected chi connectivity index (χ4v) is 4.30. The van der Waals surface area contributed by atoms with Crippen molar-refractivity contribution in [1.82, 2.24) is 4.98 Å². The molecule has 0 saturated carbocycles. The fourth-order valence-electron chi connectivity index (χ4n) is 4.30. The van der Waals surface area contributed by atoms with E-state index in [-0.39, 0.29) is 12.4 Å². The van der Waals surface area contributed by atoms with Crippen molar-refractivity contribution in [2.45, 2.75) is 64.0 Å². The van der Waals surface area contributed by atoms with Gasteiger partial charge in [0.2, 0.25) is 5.79 Å². The number of fused-ring (bicyclic) bond motifs is 1. The lowest BCUT2D eigenvalue weighted by Crippen LogP contribution is -2.46. The number of aliphatic hydroxyl groups excluding tert-OH is 3. The van der Waals surface area contributed by atoms with Crippen molar-refractivity contribution in [3.63, 3.8) is 0 Å². The van der Waals surface area contributed by atoms with E-state index in [1.54, 1.807) is 0 Å². The highest BCUT2D eigenvalue weighted by Gasteiger charge is 2.57. The number of aryl methyl sites for hydroxylation is 1. The maximum atomic E-state index is 13.3. The number of hydrogen-bond donors (Lipinski definition) is 5. The van der Waals surface area contributed by atoms with Gasteiger partial charge in [-0.05, 0) is 42.0 Å². The number of hydrogen-bond acceptors (Lipinski definition) is 8. The second-order valence-corrected chi connectivity index (χ2v) is 9.57. The van der Waals surface area contributed by atoms with Crippen LogP contribution in [-0.2, 0) is 33.9 Å². The SMILES string of the molecule is CC(C)CCc1ccc2[nH]c(CO)c(OC(=O)[C@@H]3O[C@@](O)(CO)[C@H](O)[C@H]3OCc3ccccc3)c2c1. The predicted molar refractivity (Wildman–Crippen MR) is 131 cm³/mol. The highest BCUT2D eigenvalue weighted by atomic mass is 16.7. The first-order chi connectivity index (χ1) is 17.3. The summed E-state index contributed by atoms with van der Waals surface area (Å²) < 4.78 is 16.8. The van der Waals surface area contributed by atoms with Crippen LogP contribution < -0.4 is 4.74 Å².